The van der Waals surface area contributed by atoms with E-state index in [9.17, 15) is 4.79 Å². The van der Waals surface area contributed by atoms with Crippen LogP contribution in [0.5, 0.6) is 0 Å². The van der Waals surface area contributed by atoms with Crippen molar-refractivity contribution in [1.29, 1.82) is 0 Å². The lowest BCUT2D eigenvalue weighted by Crippen LogP contribution is -2.12. The van der Waals surface area contributed by atoms with Crippen LogP contribution < -0.4 is 5.32 Å². The average Bonchev–Trinajstić information content (AvgIpc) is 2.86. The highest BCUT2D eigenvalue weighted by atomic mass is 35.5. The largest absolute Gasteiger partial charge is 0.343 e. The van der Waals surface area contributed by atoms with Crippen molar-refractivity contribution in [1.82, 2.24) is 15.0 Å². The maximum atomic E-state index is 12.2. The fraction of sp³-hybridized carbons (Fsp3) is 0. The summed E-state index contributed by atoms with van der Waals surface area (Å²) in [6.45, 7) is 0. The smallest absolute Gasteiger partial charge is 0.257 e. The molecule has 94 valence electrons. The Kier molecular flexibility index (Phi) is 2.89. The van der Waals surface area contributed by atoms with E-state index in [2.05, 4.69) is 20.3 Å². The summed E-state index contributed by atoms with van der Waals surface area (Å²) in [4.78, 5) is 23.2. The quantitative estimate of drug-likeness (QED) is 0.753. The summed E-state index contributed by atoms with van der Waals surface area (Å²) in [6, 6.07) is 8.62. The summed E-state index contributed by atoms with van der Waals surface area (Å²) in [6.07, 6.45) is 3.06. The Labute approximate surface area is 113 Å². The number of hydrogen-bond donors (Lipinski definition) is 2. The minimum absolute atomic E-state index is 0.237. The van der Waals surface area contributed by atoms with Gasteiger partial charge in [0.15, 0.2) is 5.65 Å². The van der Waals surface area contributed by atoms with Crippen LogP contribution in [0.25, 0.3) is 11.2 Å². The van der Waals surface area contributed by atoms with Crippen LogP contribution in [0.15, 0.2) is 42.9 Å². The Hall–Kier alpha value is -2.40. The third-order valence-electron chi connectivity index (χ3n) is 2.65. The number of carbonyl (C=O) groups excluding carboxylic acids is 1. The first-order valence-electron chi connectivity index (χ1n) is 5.59. The van der Waals surface area contributed by atoms with Crippen molar-refractivity contribution in [3.8, 4) is 0 Å². The summed E-state index contributed by atoms with van der Waals surface area (Å²) in [5.74, 6) is -0.237. The van der Waals surface area contributed by atoms with Crippen molar-refractivity contribution in [2.24, 2.45) is 0 Å². The molecule has 0 aliphatic carbocycles. The molecule has 0 saturated carbocycles. The monoisotopic (exact) mass is 272 g/mol. The van der Waals surface area contributed by atoms with Crippen LogP contribution >= 0.6 is 11.6 Å². The number of pyridine rings is 1. The second kappa shape index (κ2) is 4.70. The van der Waals surface area contributed by atoms with Crippen molar-refractivity contribution in [3.63, 3.8) is 0 Å². The highest BCUT2D eigenvalue weighted by molar-refractivity contribution is 6.31. The maximum Gasteiger partial charge on any atom is 0.257 e. The Morgan fingerprint density at radius 3 is 3.00 bits per heavy atom. The fourth-order valence-electron chi connectivity index (χ4n) is 1.80. The summed E-state index contributed by atoms with van der Waals surface area (Å²) in [5, 5.41) is 3.35. The molecule has 0 spiro atoms. The zero-order valence-corrected chi connectivity index (χ0v) is 10.5. The molecule has 1 amide bonds. The molecule has 2 aromatic heterocycles. The van der Waals surface area contributed by atoms with Gasteiger partial charge in [0.25, 0.3) is 5.91 Å². The molecule has 0 unspecified atom stereocenters. The van der Waals surface area contributed by atoms with Crippen LogP contribution in [0.3, 0.4) is 0 Å². The molecule has 3 aromatic rings. The van der Waals surface area contributed by atoms with E-state index in [0.717, 1.165) is 0 Å². The maximum absolute atomic E-state index is 12.2. The van der Waals surface area contributed by atoms with E-state index in [1.807, 2.05) is 0 Å². The third kappa shape index (κ3) is 2.28. The highest BCUT2D eigenvalue weighted by Crippen LogP contribution is 2.18. The van der Waals surface area contributed by atoms with Crippen molar-refractivity contribution >= 4 is 34.4 Å². The number of nitrogens with zero attached hydrogens (tertiary/aromatic N) is 2. The molecule has 19 heavy (non-hydrogen) atoms. The number of imidazole rings is 1. The second-order valence-electron chi connectivity index (χ2n) is 3.92. The van der Waals surface area contributed by atoms with Crippen LogP contribution in [0.4, 0.5) is 5.69 Å². The van der Waals surface area contributed by atoms with Gasteiger partial charge in [-0.1, -0.05) is 17.7 Å². The molecule has 0 aliphatic rings. The molecule has 0 aliphatic heterocycles. The van der Waals surface area contributed by atoms with E-state index in [0.29, 0.717) is 27.4 Å². The number of halogens is 1. The topological polar surface area (TPSA) is 70.7 Å². The van der Waals surface area contributed by atoms with E-state index >= 15 is 0 Å². The van der Waals surface area contributed by atoms with Crippen molar-refractivity contribution in [2.75, 3.05) is 5.32 Å². The normalized spacial score (nSPS) is 10.6. The highest BCUT2D eigenvalue weighted by Gasteiger charge is 2.12. The molecular weight excluding hydrogens is 264 g/mol. The summed E-state index contributed by atoms with van der Waals surface area (Å²) in [5.41, 5.74) is 2.25. The first-order valence-corrected chi connectivity index (χ1v) is 5.97. The van der Waals surface area contributed by atoms with E-state index in [-0.39, 0.29) is 5.91 Å². The molecule has 0 bridgehead atoms. The molecule has 0 saturated heterocycles. The van der Waals surface area contributed by atoms with E-state index < -0.39 is 0 Å². The molecule has 3 rings (SSSR count). The van der Waals surface area contributed by atoms with Gasteiger partial charge < -0.3 is 10.3 Å². The van der Waals surface area contributed by atoms with Gasteiger partial charge in [-0.2, -0.15) is 0 Å². The minimum atomic E-state index is -0.237. The van der Waals surface area contributed by atoms with E-state index in [1.165, 1.54) is 6.33 Å². The lowest BCUT2D eigenvalue weighted by Gasteiger charge is -2.05. The number of aromatic nitrogens is 3. The molecule has 1 aromatic carbocycles. The molecule has 0 radical (unpaired) electrons. The summed E-state index contributed by atoms with van der Waals surface area (Å²) in [7, 11) is 0. The number of carbonyl (C=O) groups is 1. The Balaban J connectivity index is 1.94. The number of anilines is 1. The van der Waals surface area contributed by atoms with Crippen molar-refractivity contribution in [2.45, 2.75) is 0 Å². The molecule has 6 heteroatoms. The second-order valence-corrected chi connectivity index (χ2v) is 4.36. The Morgan fingerprint density at radius 2 is 2.16 bits per heavy atom. The van der Waals surface area contributed by atoms with Gasteiger partial charge in [-0.3, -0.25) is 4.79 Å². The average molecular weight is 273 g/mol. The number of aromatic amines is 1. The zero-order valence-electron chi connectivity index (χ0n) is 9.72. The number of fused-ring (bicyclic) bond motifs is 1. The molecule has 5 nitrogen and oxygen atoms in total. The number of H-pyrrole nitrogens is 1. The summed E-state index contributed by atoms with van der Waals surface area (Å²) < 4.78 is 0. The standard InChI is InChI=1S/C13H9ClN4O/c14-8-2-1-3-9(6-8)18-13(19)10-4-5-15-12-11(10)16-7-17-12/h1-7H,(H,18,19)(H,15,16,17). The fourth-order valence-corrected chi connectivity index (χ4v) is 1.99. The number of nitrogens with one attached hydrogen (secondary N) is 2. The van der Waals surface area contributed by atoms with Gasteiger partial charge in [0.1, 0.15) is 0 Å². The van der Waals surface area contributed by atoms with Gasteiger partial charge in [0.2, 0.25) is 0 Å². The van der Waals surface area contributed by atoms with Crippen LogP contribution in [0, 0.1) is 0 Å². The van der Waals surface area contributed by atoms with Crippen molar-refractivity contribution < 1.29 is 4.79 Å². The zero-order chi connectivity index (χ0) is 13.2. The molecule has 2 heterocycles. The molecular formula is C13H9ClN4O. The Morgan fingerprint density at radius 1 is 1.26 bits per heavy atom. The van der Waals surface area contributed by atoms with Gasteiger partial charge in [0.05, 0.1) is 17.4 Å². The van der Waals surface area contributed by atoms with E-state index in [1.54, 1.807) is 36.5 Å². The third-order valence-corrected chi connectivity index (χ3v) is 2.89. The number of hydrogen-bond acceptors (Lipinski definition) is 3. The molecule has 0 fully saturated rings. The molecule has 0 atom stereocenters. The van der Waals surface area contributed by atoms with Gasteiger partial charge in [-0.25, -0.2) is 9.97 Å². The summed E-state index contributed by atoms with van der Waals surface area (Å²) >= 11 is 5.87. The minimum Gasteiger partial charge on any atom is -0.343 e. The van der Waals surface area contributed by atoms with Gasteiger partial charge >= 0.3 is 0 Å². The van der Waals surface area contributed by atoms with Gasteiger partial charge in [0, 0.05) is 16.9 Å². The predicted octanol–water partition coefficient (Wildman–Crippen LogP) is 2.86. The lowest BCUT2D eigenvalue weighted by molar-refractivity contribution is 0.102. The predicted molar refractivity (Wildman–Crippen MR) is 73.3 cm³/mol. The van der Waals surface area contributed by atoms with Crippen LogP contribution in [0.2, 0.25) is 5.02 Å². The van der Waals surface area contributed by atoms with Gasteiger partial charge in [-0.05, 0) is 24.3 Å². The number of benzene rings is 1. The lowest BCUT2D eigenvalue weighted by atomic mass is 10.2. The Bertz CT molecular complexity index is 753. The van der Waals surface area contributed by atoms with Crippen molar-refractivity contribution in [3.05, 3.63) is 53.4 Å². The first kappa shape index (κ1) is 11.7. The van der Waals surface area contributed by atoms with Crippen LogP contribution in [-0.4, -0.2) is 20.9 Å². The number of rotatable bonds is 2. The van der Waals surface area contributed by atoms with Gasteiger partial charge in [-0.15, -0.1) is 0 Å². The van der Waals surface area contributed by atoms with Crippen LogP contribution in [0.1, 0.15) is 10.4 Å². The first-order chi connectivity index (χ1) is 9.24. The number of amides is 1. The van der Waals surface area contributed by atoms with Crippen LogP contribution in [-0.2, 0) is 0 Å². The SMILES string of the molecule is O=C(Nc1cccc(Cl)c1)c1ccnc2nc[nH]c12. The molecule has 2 N–H and O–H groups in total. The van der Waals surface area contributed by atoms with E-state index in [4.69, 9.17) is 11.6 Å².